The second kappa shape index (κ2) is 7.85. The Hall–Kier alpha value is -0.380. The van der Waals surface area contributed by atoms with Crippen LogP contribution in [0.2, 0.25) is 0 Å². The average molecular weight is 300 g/mol. The highest BCUT2D eigenvalue weighted by atomic mass is 79.9. The Balaban J connectivity index is 2.74. The van der Waals surface area contributed by atoms with Gasteiger partial charge in [-0.2, -0.15) is 0 Å². The summed E-state index contributed by atoms with van der Waals surface area (Å²) < 4.78 is 7.00. The van der Waals surface area contributed by atoms with Crippen molar-refractivity contribution in [3.63, 3.8) is 0 Å². The largest absolute Gasteiger partial charge is 0.372 e. The smallest absolute Gasteiger partial charge is 0.0975 e. The van der Waals surface area contributed by atoms with Crippen molar-refractivity contribution in [1.29, 1.82) is 0 Å². The van der Waals surface area contributed by atoms with E-state index in [2.05, 4.69) is 41.9 Å². The Morgan fingerprint density at radius 2 is 2.12 bits per heavy atom. The molecule has 96 valence electrons. The van der Waals surface area contributed by atoms with Crippen LogP contribution in [0, 0.1) is 0 Å². The van der Waals surface area contributed by atoms with Gasteiger partial charge in [0.05, 0.1) is 6.10 Å². The van der Waals surface area contributed by atoms with Gasteiger partial charge in [0, 0.05) is 17.1 Å². The molecule has 0 heterocycles. The molecule has 0 fully saturated rings. The topological polar surface area (TPSA) is 35.2 Å². The Bertz CT molecular complexity index is 330. The molecule has 1 aromatic rings. The van der Waals surface area contributed by atoms with E-state index in [4.69, 9.17) is 10.5 Å². The highest BCUT2D eigenvalue weighted by Gasteiger charge is 2.19. The molecular formula is C14H22BrNO. The lowest BCUT2D eigenvalue weighted by Gasteiger charge is -2.24. The highest BCUT2D eigenvalue weighted by Crippen LogP contribution is 2.25. The van der Waals surface area contributed by atoms with Gasteiger partial charge in [0.1, 0.15) is 0 Å². The summed E-state index contributed by atoms with van der Waals surface area (Å²) in [6.45, 7) is 5.04. The van der Waals surface area contributed by atoms with E-state index < -0.39 is 0 Å². The van der Waals surface area contributed by atoms with Crippen molar-refractivity contribution in [2.75, 3.05) is 6.61 Å². The van der Waals surface area contributed by atoms with Gasteiger partial charge in [0.2, 0.25) is 0 Å². The standard InChI is InChI=1S/C14H22BrNO/c1-3-5-9-17-14(13(16)4-2)11-7-6-8-12(15)10-11/h6-8,10,13-14H,3-5,9,16H2,1-2H3. The summed E-state index contributed by atoms with van der Waals surface area (Å²) in [7, 11) is 0. The quantitative estimate of drug-likeness (QED) is 0.771. The molecule has 0 saturated carbocycles. The number of nitrogens with two attached hydrogens (primary N) is 1. The van der Waals surface area contributed by atoms with Crippen LogP contribution < -0.4 is 5.73 Å². The molecule has 2 N–H and O–H groups in total. The van der Waals surface area contributed by atoms with Crippen molar-refractivity contribution in [3.8, 4) is 0 Å². The van der Waals surface area contributed by atoms with Crippen LogP contribution >= 0.6 is 15.9 Å². The van der Waals surface area contributed by atoms with Crippen LogP contribution in [0.5, 0.6) is 0 Å². The zero-order valence-corrected chi connectivity index (χ0v) is 12.2. The monoisotopic (exact) mass is 299 g/mol. The fraction of sp³-hybridized carbons (Fsp3) is 0.571. The minimum Gasteiger partial charge on any atom is -0.372 e. The molecule has 0 aliphatic heterocycles. The average Bonchev–Trinajstić information content (AvgIpc) is 2.34. The van der Waals surface area contributed by atoms with Crippen LogP contribution in [0.3, 0.4) is 0 Å². The number of benzene rings is 1. The third kappa shape index (κ3) is 4.78. The minimum absolute atomic E-state index is 0.00375. The van der Waals surface area contributed by atoms with Crippen LogP contribution in [0.1, 0.15) is 44.8 Å². The first kappa shape index (κ1) is 14.7. The van der Waals surface area contributed by atoms with Crippen molar-refractivity contribution in [3.05, 3.63) is 34.3 Å². The number of hydrogen-bond donors (Lipinski definition) is 1. The van der Waals surface area contributed by atoms with Crippen molar-refractivity contribution in [2.45, 2.75) is 45.3 Å². The van der Waals surface area contributed by atoms with Crippen molar-refractivity contribution in [2.24, 2.45) is 5.73 Å². The van der Waals surface area contributed by atoms with E-state index in [1.165, 1.54) is 0 Å². The van der Waals surface area contributed by atoms with Crippen LogP contribution in [0.15, 0.2) is 28.7 Å². The lowest BCUT2D eigenvalue weighted by atomic mass is 10.0. The second-order valence-corrected chi connectivity index (χ2v) is 5.19. The molecule has 0 bridgehead atoms. The molecule has 0 amide bonds. The number of rotatable bonds is 7. The molecule has 1 aromatic carbocycles. The molecule has 17 heavy (non-hydrogen) atoms. The second-order valence-electron chi connectivity index (χ2n) is 4.27. The molecular weight excluding hydrogens is 278 g/mol. The Morgan fingerprint density at radius 1 is 1.35 bits per heavy atom. The lowest BCUT2D eigenvalue weighted by molar-refractivity contribution is 0.0318. The van der Waals surface area contributed by atoms with Crippen molar-refractivity contribution >= 4 is 15.9 Å². The summed E-state index contributed by atoms with van der Waals surface area (Å²) >= 11 is 3.49. The molecule has 2 nitrogen and oxygen atoms in total. The number of unbranched alkanes of at least 4 members (excludes halogenated alkanes) is 1. The summed E-state index contributed by atoms with van der Waals surface area (Å²) in [6, 6.07) is 8.27. The fourth-order valence-electron chi connectivity index (χ4n) is 1.72. The van der Waals surface area contributed by atoms with Gasteiger partial charge in [0.15, 0.2) is 0 Å². The van der Waals surface area contributed by atoms with Gasteiger partial charge in [-0.25, -0.2) is 0 Å². The van der Waals surface area contributed by atoms with E-state index in [0.29, 0.717) is 0 Å². The summed E-state index contributed by atoms with van der Waals surface area (Å²) in [5.41, 5.74) is 7.30. The van der Waals surface area contributed by atoms with E-state index in [0.717, 1.165) is 35.9 Å². The van der Waals surface area contributed by atoms with E-state index in [-0.39, 0.29) is 12.1 Å². The van der Waals surface area contributed by atoms with Gasteiger partial charge >= 0.3 is 0 Å². The molecule has 0 aliphatic carbocycles. The van der Waals surface area contributed by atoms with Crippen molar-refractivity contribution < 1.29 is 4.74 Å². The summed E-state index contributed by atoms with van der Waals surface area (Å²) in [6.07, 6.45) is 3.15. The van der Waals surface area contributed by atoms with Gasteiger partial charge in [-0.05, 0) is 30.5 Å². The first-order valence-electron chi connectivity index (χ1n) is 6.31. The molecule has 0 aromatic heterocycles. The van der Waals surface area contributed by atoms with Gasteiger partial charge < -0.3 is 10.5 Å². The third-order valence-corrected chi connectivity index (χ3v) is 3.33. The molecule has 1 rings (SSSR count). The van der Waals surface area contributed by atoms with Crippen LogP contribution in [0.4, 0.5) is 0 Å². The first-order chi connectivity index (χ1) is 8.19. The minimum atomic E-state index is 0.00375. The van der Waals surface area contributed by atoms with Crippen LogP contribution in [0.25, 0.3) is 0 Å². The summed E-state index contributed by atoms with van der Waals surface area (Å²) in [5.74, 6) is 0. The van der Waals surface area contributed by atoms with Crippen LogP contribution in [-0.4, -0.2) is 12.6 Å². The normalized spacial score (nSPS) is 14.6. The van der Waals surface area contributed by atoms with E-state index in [9.17, 15) is 0 Å². The van der Waals surface area contributed by atoms with E-state index in [1.54, 1.807) is 0 Å². The summed E-state index contributed by atoms with van der Waals surface area (Å²) in [5, 5.41) is 0. The molecule has 0 spiro atoms. The number of halogens is 1. The first-order valence-corrected chi connectivity index (χ1v) is 7.11. The van der Waals surface area contributed by atoms with E-state index in [1.807, 2.05) is 12.1 Å². The Labute approximate surface area is 113 Å². The maximum absolute atomic E-state index is 6.14. The van der Waals surface area contributed by atoms with Gasteiger partial charge in [-0.1, -0.05) is 48.3 Å². The zero-order valence-electron chi connectivity index (χ0n) is 10.7. The number of hydrogen-bond acceptors (Lipinski definition) is 2. The Kier molecular flexibility index (Phi) is 6.78. The van der Waals surface area contributed by atoms with E-state index >= 15 is 0 Å². The molecule has 0 aliphatic rings. The van der Waals surface area contributed by atoms with Crippen molar-refractivity contribution in [1.82, 2.24) is 0 Å². The van der Waals surface area contributed by atoms with Gasteiger partial charge in [-0.15, -0.1) is 0 Å². The zero-order chi connectivity index (χ0) is 12.7. The highest BCUT2D eigenvalue weighted by molar-refractivity contribution is 9.10. The molecule has 3 heteroatoms. The number of ether oxygens (including phenoxy) is 1. The third-order valence-electron chi connectivity index (χ3n) is 2.83. The maximum atomic E-state index is 6.14. The van der Waals surface area contributed by atoms with Gasteiger partial charge in [-0.3, -0.25) is 0 Å². The molecule has 2 unspecified atom stereocenters. The molecule has 0 radical (unpaired) electrons. The molecule has 2 atom stereocenters. The maximum Gasteiger partial charge on any atom is 0.0975 e. The summed E-state index contributed by atoms with van der Waals surface area (Å²) in [4.78, 5) is 0. The predicted molar refractivity (Wildman–Crippen MR) is 76.0 cm³/mol. The predicted octanol–water partition coefficient (Wildman–Crippen LogP) is 4.04. The Morgan fingerprint density at radius 3 is 2.71 bits per heavy atom. The lowest BCUT2D eigenvalue weighted by Crippen LogP contribution is -2.29. The fourth-order valence-corrected chi connectivity index (χ4v) is 2.14. The van der Waals surface area contributed by atoms with Gasteiger partial charge in [0.25, 0.3) is 0 Å². The van der Waals surface area contributed by atoms with Crippen LogP contribution in [-0.2, 0) is 4.74 Å². The SMILES string of the molecule is CCCCOC(c1cccc(Br)c1)C(N)CC. The molecule has 0 saturated heterocycles.